The Kier molecular flexibility index (Phi) is 4.43. The number of pyridine rings is 1. The maximum Gasteiger partial charge on any atom is 0.134 e. The fraction of sp³-hybridized carbons (Fsp3) is 0.267. The molecule has 19 heavy (non-hydrogen) atoms. The molecule has 0 saturated carbocycles. The van der Waals surface area contributed by atoms with Crippen molar-refractivity contribution in [2.75, 3.05) is 7.11 Å². The Hall–Kier alpha value is -1.55. The number of aryl methyl sites for hydroxylation is 1. The summed E-state index contributed by atoms with van der Waals surface area (Å²) in [6.07, 6.45) is 1.81. The minimum atomic E-state index is 0.422. The third-order valence-corrected chi connectivity index (χ3v) is 3.61. The van der Waals surface area contributed by atoms with Crippen LogP contribution in [0, 0.1) is 13.8 Å². The van der Waals surface area contributed by atoms with Gasteiger partial charge in [0, 0.05) is 17.3 Å². The smallest absolute Gasteiger partial charge is 0.134 e. The topological polar surface area (TPSA) is 31.4 Å². The fourth-order valence-electron chi connectivity index (χ4n) is 1.92. The molecule has 0 fully saturated rings. The molecular formula is C15H16BrNO2. The lowest BCUT2D eigenvalue weighted by molar-refractivity contribution is 0.297. The van der Waals surface area contributed by atoms with Crippen molar-refractivity contribution < 1.29 is 9.47 Å². The SMILES string of the molecule is COc1c(C)cnc(COc2ccccc2Br)c1C. The molecule has 0 aliphatic heterocycles. The van der Waals surface area contributed by atoms with Crippen LogP contribution in [0.1, 0.15) is 16.8 Å². The summed E-state index contributed by atoms with van der Waals surface area (Å²) in [5, 5.41) is 0. The monoisotopic (exact) mass is 321 g/mol. The molecule has 1 aromatic carbocycles. The number of nitrogens with zero attached hydrogens (tertiary/aromatic N) is 1. The maximum absolute atomic E-state index is 5.78. The predicted molar refractivity (Wildman–Crippen MR) is 78.7 cm³/mol. The molecule has 0 aliphatic carbocycles. The molecule has 0 spiro atoms. The first kappa shape index (κ1) is 13.9. The first-order valence-corrected chi connectivity index (χ1v) is 6.79. The Labute approximate surface area is 121 Å². The molecule has 2 rings (SSSR count). The van der Waals surface area contributed by atoms with Crippen molar-refractivity contribution >= 4 is 15.9 Å². The number of ether oxygens (including phenoxy) is 2. The molecule has 1 aromatic heterocycles. The number of aromatic nitrogens is 1. The van der Waals surface area contributed by atoms with Crippen LogP contribution in [-0.4, -0.2) is 12.1 Å². The highest BCUT2D eigenvalue weighted by Crippen LogP contribution is 2.27. The zero-order valence-corrected chi connectivity index (χ0v) is 12.8. The number of rotatable bonds is 4. The molecule has 100 valence electrons. The standard InChI is InChI=1S/C15H16BrNO2/c1-10-8-17-13(11(2)15(10)18-3)9-19-14-7-5-4-6-12(14)16/h4-8H,9H2,1-3H3. The largest absolute Gasteiger partial charge is 0.496 e. The molecule has 1 heterocycles. The van der Waals surface area contributed by atoms with Crippen molar-refractivity contribution in [1.82, 2.24) is 4.98 Å². The van der Waals surface area contributed by atoms with Crippen molar-refractivity contribution in [1.29, 1.82) is 0 Å². The Morgan fingerprint density at radius 1 is 1.21 bits per heavy atom. The van der Waals surface area contributed by atoms with Gasteiger partial charge in [-0.2, -0.15) is 0 Å². The molecule has 4 heteroatoms. The lowest BCUT2D eigenvalue weighted by atomic mass is 10.1. The average molecular weight is 322 g/mol. The first-order valence-electron chi connectivity index (χ1n) is 6.00. The fourth-order valence-corrected chi connectivity index (χ4v) is 2.32. The van der Waals surface area contributed by atoms with Crippen LogP contribution in [0.3, 0.4) is 0 Å². The quantitative estimate of drug-likeness (QED) is 0.851. The van der Waals surface area contributed by atoms with Gasteiger partial charge in [0.25, 0.3) is 0 Å². The van der Waals surface area contributed by atoms with Crippen LogP contribution in [0.15, 0.2) is 34.9 Å². The molecule has 0 amide bonds. The van der Waals surface area contributed by atoms with Crippen LogP contribution in [0.5, 0.6) is 11.5 Å². The summed E-state index contributed by atoms with van der Waals surface area (Å²) in [6.45, 7) is 4.40. The Bertz CT molecular complexity index is 584. The second-order valence-corrected chi connectivity index (χ2v) is 5.12. The minimum Gasteiger partial charge on any atom is -0.496 e. The second-order valence-electron chi connectivity index (χ2n) is 4.27. The van der Waals surface area contributed by atoms with Crippen molar-refractivity contribution in [3.05, 3.63) is 51.8 Å². The van der Waals surface area contributed by atoms with E-state index in [0.29, 0.717) is 6.61 Å². The van der Waals surface area contributed by atoms with E-state index in [4.69, 9.17) is 9.47 Å². The lowest BCUT2D eigenvalue weighted by Crippen LogP contribution is -2.04. The van der Waals surface area contributed by atoms with Crippen molar-refractivity contribution in [2.45, 2.75) is 20.5 Å². The van der Waals surface area contributed by atoms with Gasteiger partial charge in [-0.1, -0.05) is 12.1 Å². The van der Waals surface area contributed by atoms with Gasteiger partial charge < -0.3 is 9.47 Å². The summed E-state index contributed by atoms with van der Waals surface area (Å²) >= 11 is 3.46. The van der Waals surface area contributed by atoms with E-state index < -0.39 is 0 Å². The van der Waals surface area contributed by atoms with E-state index in [2.05, 4.69) is 20.9 Å². The first-order chi connectivity index (χ1) is 9.13. The Morgan fingerprint density at radius 2 is 1.95 bits per heavy atom. The highest BCUT2D eigenvalue weighted by molar-refractivity contribution is 9.10. The molecule has 0 unspecified atom stereocenters. The highest BCUT2D eigenvalue weighted by Gasteiger charge is 2.10. The number of hydrogen-bond acceptors (Lipinski definition) is 3. The zero-order valence-electron chi connectivity index (χ0n) is 11.2. The Morgan fingerprint density at radius 3 is 2.63 bits per heavy atom. The molecule has 0 atom stereocenters. The van der Waals surface area contributed by atoms with Gasteiger partial charge in [0.05, 0.1) is 17.3 Å². The average Bonchev–Trinajstić information content (AvgIpc) is 2.40. The van der Waals surface area contributed by atoms with Crippen LogP contribution < -0.4 is 9.47 Å². The summed E-state index contributed by atoms with van der Waals surface area (Å²) in [5.74, 6) is 1.68. The molecular weight excluding hydrogens is 306 g/mol. The minimum absolute atomic E-state index is 0.422. The molecule has 0 saturated heterocycles. The number of para-hydroxylation sites is 1. The van der Waals surface area contributed by atoms with E-state index in [1.807, 2.05) is 44.3 Å². The van der Waals surface area contributed by atoms with Crippen LogP contribution in [0.4, 0.5) is 0 Å². The van der Waals surface area contributed by atoms with Crippen LogP contribution in [0.2, 0.25) is 0 Å². The van der Waals surface area contributed by atoms with E-state index in [1.165, 1.54) is 0 Å². The highest BCUT2D eigenvalue weighted by atomic mass is 79.9. The summed E-state index contributed by atoms with van der Waals surface area (Å²) in [7, 11) is 1.67. The summed E-state index contributed by atoms with van der Waals surface area (Å²) in [6, 6.07) is 7.77. The van der Waals surface area contributed by atoms with Gasteiger partial charge in [-0.15, -0.1) is 0 Å². The molecule has 2 aromatic rings. The number of benzene rings is 1. The maximum atomic E-state index is 5.78. The molecule has 0 aliphatic rings. The van der Waals surface area contributed by atoms with Gasteiger partial charge in [-0.3, -0.25) is 4.98 Å². The van der Waals surface area contributed by atoms with E-state index in [9.17, 15) is 0 Å². The zero-order chi connectivity index (χ0) is 13.8. The number of halogens is 1. The van der Waals surface area contributed by atoms with Crippen LogP contribution in [-0.2, 0) is 6.61 Å². The number of hydrogen-bond donors (Lipinski definition) is 0. The van der Waals surface area contributed by atoms with Gasteiger partial charge >= 0.3 is 0 Å². The summed E-state index contributed by atoms with van der Waals surface area (Å²) < 4.78 is 12.1. The lowest BCUT2D eigenvalue weighted by Gasteiger charge is -2.13. The van der Waals surface area contributed by atoms with Crippen molar-refractivity contribution in [3.63, 3.8) is 0 Å². The molecule has 0 radical (unpaired) electrons. The van der Waals surface area contributed by atoms with Gasteiger partial charge in [0.2, 0.25) is 0 Å². The summed E-state index contributed by atoms with van der Waals surface area (Å²) in [4.78, 5) is 4.41. The Balaban J connectivity index is 2.19. The van der Waals surface area contributed by atoms with E-state index in [0.717, 1.165) is 32.8 Å². The molecule has 0 bridgehead atoms. The van der Waals surface area contributed by atoms with Crippen LogP contribution in [0.25, 0.3) is 0 Å². The van der Waals surface area contributed by atoms with Gasteiger partial charge in [-0.25, -0.2) is 0 Å². The number of methoxy groups -OCH3 is 1. The third-order valence-electron chi connectivity index (χ3n) is 2.95. The van der Waals surface area contributed by atoms with Gasteiger partial charge in [0.1, 0.15) is 18.1 Å². The normalized spacial score (nSPS) is 10.3. The predicted octanol–water partition coefficient (Wildman–Crippen LogP) is 4.05. The third kappa shape index (κ3) is 3.07. The molecule has 0 N–H and O–H groups in total. The summed E-state index contributed by atoms with van der Waals surface area (Å²) in [5.41, 5.74) is 2.94. The van der Waals surface area contributed by atoms with Gasteiger partial charge in [0.15, 0.2) is 0 Å². The van der Waals surface area contributed by atoms with Crippen LogP contribution >= 0.6 is 15.9 Å². The van der Waals surface area contributed by atoms with Gasteiger partial charge in [-0.05, 0) is 41.9 Å². The van der Waals surface area contributed by atoms with Crippen molar-refractivity contribution in [2.24, 2.45) is 0 Å². The van der Waals surface area contributed by atoms with E-state index in [1.54, 1.807) is 7.11 Å². The van der Waals surface area contributed by atoms with Crippen molar-refractivity contribution in [3.8, 4) is 11.5 Å². The van der Waals surface area contributed by atoms with E-state index in [-0.39, 0.29) is 0 Å². The molecule has 3 nitrogen and oxygen atoms in total. The second kappa shape index (κ2) is 6.06. The van der Waals surface area contributed by atoms with E-state index >= 15 is 0 Å².